The molecule has 0 aromatic carbocycles. The highest BCUT2D eigenvalue weighted by Crippen LogP contribution is 1.98. The highest BCUT2D eigenvalue weighted by atomic mass is 32.2. The summed E-state index contributed by atoms with van der Waals surface area (Å²) in [6, 6.07) is 0. The molecule has 0 unspecified atom stereocenters. The number of aliphatic hydroxyl groups excluding tert-OH is 1. The van der Waals surface area contributed by atoms with Crippen LogP contribution in [0, 0.1) is 0 Å². The third-order valence-corrected chi connectivity index (χ3v) is 1.83. The van der Waals surface area contributed by atoms with E-state index in [-0.39, 0.29) is 0 Å². The van der Waals surface area contributed by atoms with Gasteiger partial charge < -0.3 is 9.84 Å². The van der Waals surface area contributed by atoms with E-state index < -0.39 is 12.6 Å². The van der Waals surface area contributed by atoms with Gasteiger partial charge in [0.2, 0.25) is 0 Å². The van der Waals surface area contributed by atoms with Crippen molar-refractivity contribution in [2.45, 2.75) is 12.8 Å². The first-order chi connectivity index (χ1) is 5.31. The fourth-order valence-electron chi connectivity index (χ4n) is 0.580. The van der Waals surface area contributed by atoms with Crippen LogP contribution in [0.3, 0.4) is 0 Å². The lowest BCUT2D eigenvalue weighted by atomic mass is 10.4. The van der Waals surface area contributed by atoms with Gasteiger partial charge in [0.1, 0.15) is 6.61 Å². The number of ether oxygens (including phenoxy) is 1. The predicted molar refractivity (Wildman–Crippen MR) is 45.7 cm³/mol. The fraction of sp³-hybridized carbons (Fsp3) is 0.857. The first kappa shape index (κ1) is 10.8. The highest BCUT2D eigenvalue weighted by molar-refractivity contribution is 7.98. The van der Waals surface area contributed by atoms with Crippen LogP contribution in [-0.4, -0.2) is 36.3 Å². The number of aliphatic hydroxyl groups is 1. The Morgan fingerprint density at radius 3 is 2.82 bits per heavy atom. The molecule has 0 fully saturated rings. The van der Waals surface area contributed by atoms with E-state index in [2.05, 4.69) is 4.74 Å². The van der Waals surface area contributed by atoms with E-state index in [1.54, 1.807) is 11.8 Å². The second kappa shape index (κ2) is 7.88. The van der Waals surface area contributed by atoms with Crippen LogP contribution in [-0.2, 0) is 9.53 Å². The molecule has 4 heteroatoms. The monoisotopic (exact) mass is 178 g/mol. The molecule has 0 atom stereocenters. The van der Waals surface area contributed by atoms with E-state index in [4.69, 9.17) is 5.11 Å². The molecule has 0 bridgehead atoms. The van der Waals surface area contributed by atoms with Crippen molar-refractivity contribution in [2.24, 2.45) is 0 Å². The summed E-state index contributed by atoms with van der Waals surface area (Å²) in [4.78, 5) is 10.4. The van der Waals surface area contributed by atoms with Gasteiger partial charge in [0.05, 0.1) is 6.61 Å². The van der Waals surface area contributed by atoms with Gasteiger partial charge in [0.15, 0.2) is 0 Å². The van der Waals surface area contributed by atoms with E-state index in [1.807, 2.05) is 6.26 Å². The van der Waals surface area contributed by atoms with Gasteiger partial charge in [-0.05, 0) is 24.9 Å². The van der Waals surface area contributed by atoms with Gasteiger partial charge in [-0.25, -0.2) is 4.79 Å². The van der Waals surface area contributed by atoms with E-state index >= 15 is 0 Å². The molecule has 0 saturated heterocycles. The molecule has 1 N–H and O–H groups in total. The van der Waals surface area contributed by atoms with Crippen molar-refractivity contribution in [3.8, 4) is 0 Å². The number of hydrogen-bond acceptors (Lipinski definition) is 4. The number of carbonyl (C=O) groups excluding carboxylic acids is 1. The van der Waals surface area contributed by atoms with E-state index in [9.17, 15) is 4.79 Å². The van der Waals surface area contributed by atoms with E-state index in [0.717, 1.165) is 18.6 Å². The molecule has 0 aromatic heterocycles. The van der Waals surface area contributed by atoms with Crippen molar-refractivity contribution in [2.75, 3.05) is 25.2 Å². The van der Waals surface area contributed by atoms with Gasteiger partial charge in [-0.2, -0.15) is 11.8 Å². The summed E-state index contributed by atoms with van der Waals surface area (Å²) in [5.41, 5.74) is 0. The average Bonchev–Trinajstić information content (AvgIpc) is 2.04. The number of esters is 1. The molecule has 11 heavy (non-hydrogen) atoms. The van der Waals surface area contributed by atoms with Crippen LogP contribution in [0.2, 0.25) is 0 Å². The summed E-state index contributed by atoms with van der Waals surface area (Å²) in [5, 5.41) is 8.26. The first-order valence-electron chi connectivity index (χ1n) is 3.56. The number of unbranched alkanes of at least 4 members (excludes halogenated alkanes) is 1. The molecule has 0 saturated carbocycles. The zero-order valence-corrected chi connectivity index (χ0v) is 7.52. The summed E-state index contributed by atoms with van der Waals surface area (Å²) >= 11 is 1.78. The van der Waals surface area contributed by atoms with Crippen molar-refractivity contribution in [3.63, 3.8) is 0 Å². The van der Waals surface area contributed by atoms with Crippen molar-refractivity contribution >= 4 is 17.7 Å². The summed E-state index contributed by atoms with van der Waals surface area (Å²) in [6.45, 7) is -0.0809. The van der Waals surface area contributed by atoms with Crippen LogP contribution in [0.15, 0.2) is 0 Å². The van der Waals surface area contributed by atoms with Crippen molar-refractivity contribution < 1.29 is 14.6 Å². The summed E-state index contributed by atoms with van der Waals surface area (Å²) in [7, 11) is 0. The summed E-state index contributed by atoms with van der Waals surface area (Å²) in [6.07, 6.45) is 3.98. The molecular formula is C7H14O3S. The Hall–Kier alpha value is -0.220. The lowest BCUT2D eigenvalue weighted by Gasteiger charge is -2.00. The maximum atomic E-state index is 10.4. The minimum atomic E-state index is -0.533. The van der Waals surface area contributed by atoms with Crippen molar-refractivity contribution in [1.29, 1.82) is 0 Å². The molecular weight excluding hydrogens is 164 g/mol. The van der Waals surface area contributed by atoms with Crippen LogP contribution in [0.1, 0.15) is 12.8 Å². The van der Waals surface area contributed by atoms with Crippen LogP contribution >= 0.6 is 11.8 Å². The second-order valence-corrected chi connectivity index (χ2v) is 3.06. The zero-order chi connectivity index (χ0) is 8.53. The summed E-state index contributed by atoms with van der Waals surface area (Å²) in [5.74, 6) is 0.561. The largest absolute Gasteiger partial charge is 0.464 e. The van der Waals surface area contributed by atoms with Crippen LogP contribution in [0.5, 0.6) is 0 Å². The van der Waals surface area contributed by atoms with Crippen LogP contribution in [0.4, 0.5) is 0 Å². The molecule has 0 aliphatic heterocycles. The maximum absolute atomic E-state index is 10.4. The lowest BCUT2D eigenvalue weighted by Crippen LogP contribution is -2.09. The molecule has 0 amide bonds. The van der Waals surface area contributed by atoms with Crippen molar-refractivity contribution in [3.05, 3.63) is 0 Å². The molecule has 0 aliphatic rings. The third-order valence-electron chi connectivity index (χ3n) is 1.13. The fourth-order valence-corrected chi connectivity index (χ4v) is 1.07. The smallest absolute Gasteiger partial charge is 0.331 e. The number of thioether (sulfide) groups is 1. The number of hydrogen-bond donors (Lipinski definition) is 1. The molecule has 0 spiro atoms. The normalized spacial score (nSPS) is 9.64. The Balaban J connectivity index is 2.95. The standard InChI is InChI=1S/C7H14O3S/c1-11-5-3-2-4-10-7(9)6-8/h8H,2-6H2,1H3. The van der Waals surface area contributed by atoms with Gasteiger partial charge in [0, 0.05) is 0 Å². The predicted octanol–water partition coefficient (Wildman–Crippen LogP) is 0.665. The van der Waals surface area contributed by atoms with Gasteiger partial charge >= 0.3 is 5.97 Å². The molecule has 0 rings (SSSR count). The Bertz CT molecular complexity index is 106. The van der Waals surface area contributed by atoms with Gasteiger partial charge in [-0.15, -0.1) is 0 Å². The van der Waals surface area contributed by atoms with Gasteiger partial charge in [0.25, 0.3) is 0 Å². The van der Waals surface area contributed by atoms with Crippen LogP contribution in [0.25, 0.3) is 0 Å². The van der Waals surface area contributed by atoms with E-state index in [0.29, 0.717) is 6.61 Å². The SMILES string of the molecule is CSCCCCOC(=O)CO. The molecule has 66 valence electrons. The lowest BCUT2D eigenvalue weighted by molar-refractivity contribution is -0.146. The number of rotatable bonds is 6. The Morgan fingerprint density at radius 1 is 1.55 bits per heavy atom. The summed E-state index contributed by atoms with van der Waals surface area (Å²) < 4.78 is 4.64. The second-order valence-electron chi connectivity index (χ2n) is 2.08. The van der Waals surface area contributed by atoms with Crippen LogP contribution < -0.4 is 0 Å². The minimum Gasteiger partial charge on any atom is -0.464 e. The minimum absolute atomic E-state index is 0.431. The zero-order valence-electron chi connectivity index (χ0n) is 6.71. The molecule has 0 aromatic rings. The van der Waals surface area contributed by atoms with Gasteiger partial charge in [-0.3, -0.25) is 0 Å². The highest BCUT2D eigenvalue weighted by Gasteiger charge is 1.97. The molecule has 0 radical (unpaired) electrons. The quantitative estimate of drug-likeness (QED) is 0.479. The number of carbonyl (C=O) groups is 1. The topological polar surface area (TPSA) is 46.5 Å². The first-order valence-corrected chi connectivity index (χ1v) is 4.96. The average molecular weight is 178 g/mol. The molecule has 3 nitrogen and oxygen atoms in total. The van der Waals surface area contributed by atoms with Crippen molar-refractivity contribution in [1.82, 2.24) is 0 Å². The third kappa shape index (κ3) is 7.68. The Kier molecular flexibility index (Phi) is 7.72. The van der Waals surface area contributed by atoms with E-state index in [1.165, 1.54) is 0 Å². The Morgan fingerprint density at radius 2 is 2.27 bits per heavy atom. The van der Waals surface area contributed by atoms with Gasteiger partial charge in [-0.1, -0.05) is 0 Å². The molecule has 0 heterocycles. The maximum Gasteiger partial charge on any atom is 0.331 e. The molecule has 0 aliphatic carbocycles. The Labute approximate surface area is 71.1 Å².